The highest BCUT2D eigenvalue weighted by molar-refractivity contribution is 7.15. The number of thiazole rings is 1. The molecular formula is C19H20F3N3O2S. The molecule has 1 aromatic carbocycles. The number of carbonyl (C=O) groups is 1. The molecule has 1 aromatic heterocycles. The van der Waals surface area contributed by atoms with E-state index in [4.69, 9.17) is 0 Å². The van der Waals surface area contributed by atoms with Crippen molar-refractivity contribution in [2.24, 2.45) is 0 Å². The number of nitrogens with zero attached hydrogens (tertiary/aromatic N) is 2. The summed E-state index contributed by atoms with van der Waals surface area (Å²) in [5, 5.41) is 3.29. The van der Waals surface area contributed by atoms with E-state index in [0.29, 0.717) is 5.13 Å². The summed E-state index contributed by atoms with van der Waals surface area (Å²) >= 11 is 1.47. The second-order valence-electron chi connectivity index (χ2n) is 6.51. The zero-order valence-corrected chi connectivity index (χ0v) is 16.1. The molecule has 0 saturated carbocycles. The average Bonchev–Trinajstić information content (AvgIpc) is 3.03. The number of rotatable bonds is 5. The summed E-state index contributed by atoms with van der Waals surface area (Å²) in [5.41, 5.74) is 2.13. The number of nitrogens with one attached hydrogen (secondary N) is 1. The maximum atomic E-state index is 12.2. The fourth-order valence-corrected chi connectivity index (χ4v) is 3.85. The minimum atomic E-state index is -4.67. The van der Waals surface area contributed by atoms with Crippen molar-refractivity contribution < 1.29 is 22.7 Å². The molecule has 1 fully saturated rings. The Labute approximate surface area is 164 Å². The van der Waals surface area contributed by atoms with Gasteiger partial charge in [0.25, 0.3) is 0 Å². The van der Waals surface area contributed by atoms with Crippen LogP contribution in [0.3, 0.4) is 0 Å². The Kier molecular flexibility index (Phi) is 6.35. The molecule has 1 amide bonds. The highest BCUT2D eigenvalue weighted by Crippen LogP contribution is 2.26. The van der Waals surface area contributed by atoms with Crippen molar-refractivity contribution in [3.63, 3.8) is 0 Å². The number of alkyl halides is 3. The van der Waals surface area contributed by atoms with Crippen molar-refractivity contribution in [3.05, 3.63) is 46.5 Å². The van der Waals surface area contributed by atoms with E-state index in [-0.39, 0.29) is 11.7 Å². The zero-order valence-electron chi connectivity index (χ0n) is 15.3. The van der Waals surface area contributed by atoms with Crippen LogP contribution in [0.4, 0.5) is 18.3 Å². The molecule has 28 heavy (non-hydrogen) atoms. The average molecular weight is 411 g/mol. The number of carbonyl (C=O) groups excluding carboxylic acids is 1. The Bertz CT molecular complexity index is 837. The largest absolute Gasteiger partial charge is 0.573 e. The number of hydrogen-bond donors (Lipinski definition) is 1. The SMILES string of the molecule is CC(=O)Nc1ncc(CN2CCC(=Cc3ccc(OC(F)(F)F)cc3)CC2)s1. The van der Waals surface area contributed by atoms with Crippen LogP contribution in [0.1, 0.15) is 30.2 Å². The Balaban J connectivity index is 1.50. The van der Waals surface area contributed by atoms with Gasteiger partial charge in [0, 0.05) is 37.6 Å². The summed E-state index contributed by atoms with van der Waals surface area (Å²) in [7, 11) is 0. The number of amides is 1. The molecule has 1 saturated heterocycles. The minimum Gasteiger partial charge on any atom is -0.406 e. The molecule has 0 atom stereocenters. The van der Waals surface area contributed by atoms with Crippen LogP contribution in [0.15, 0.2) is 36.0 Å². The first-order valence-electron chi connectivity index (χ1n) is 8.77. The second-order valence-corrected chi connectivity index (χ2v) is 7.62. The smallest absolute Gasteiger partial charge is 0.406 e. The third-order valence-corrected chi connectivity index (χ3v) is 5.10. The van der Waals surface area contributed by atoms with Crippen LogP contribution in [-0.2, 0) is 11.3 Å². The van der Waals surface area contributed by atoms with Gasteiger partial charge in [-0.15, -0.1) is 24.5 Å². The lowest BCUT2D eigenvalue weighted by atomic mass is 10.0. The highest BCUT2D eigenvalue weighted by Gasteiger charge is 2.30. The number of aromatic nitrogens is 1. The van der Waals surface area contributed by atoms with Crippen LogP contribution in [0.25, 0.3) is 6.08 Å². The zero-order chi connectivity index (χ0) is 20.1. The molecule has 1 N–H and O–H groups in total. The summed E-state index contributed by atoms with van der Waals surface area (Å²) < 4.78 is 40.5. The van der Waals surface area contributed by atoms with E-state index in [9.17, 15) is 18.0 Å². The third-order valence-electron chi connectivity index (χ3n) is 4.20. The lowest BCUT2D eigenvalue weighted by Crippen LogP contribution is -2.29. The van der Waals surface area contributed by atoms with Gasteiger partial charge in [-0.2, -0.15) is 0 Å². The van der Waals surface area contributed by atoms with Crippen molar-refractivity contribution >= 4 is 28.5 Å². The summed E-state index contributed by atoms with van der Waals surface area (Å²) in [4.78, 5) is 18.7. The van der Waals surface area contributed by atoms with Crippen LogP contribution in [0, 0.1) is 0 Å². The van der Waals surface area contributed by atoms with Gasteiger partial charge in [-0.05, 0) is 30.5 Å². The summed E-state index contributed by atoms with van der Waals surface area (Å²) in [6.07, 6.45) is 0.937. The lowest BCUT2D eigenvalue weighted by molar-refractivity contribution is -0.274. The van der Waals surface area contributed by atoms with Crippen molar-refractivity contribution in [2.45, 2.75) is 32.7 Å². The predicted octanol–water partition coefficient (Wildman–Crippen LogP) is 4.68. The fourth-order valence-electron chi connectivity index (χ4n) is 2.95. The topological polar surface area (TPSA) is 54.5 Å². The second kappa shape index (κ2) is 8.74. The van der Waals surface area contributed by atoms with Gasteiger partial charge >= 0.3 is 6.36 Å². The number of likely N-dealkylation sites (tertiary alicyclic amines) is 1. The molecule has 0 spiro atoms. The normalized spacial score (nSPS) is 15.4. The first-order chi connectivity index (χ1) is 13.3. The third kappa shape index (κ3) is 6.35. The van der Waals surface area contributed by atoms with Gasteiger partial charge in [-0.25, -0.2) is 4.98 Å². The van der Waals surface area contributed by atoms with Gasteiger partial charge in [0.15, 0.2) is 5.13 Å². The molecule has 0 unspecified atom stereocenters. The molecule has 9 heteroatoms. The monoisotopic (exact) mass is 411 g/mol. The quantitative estimate of drug-likeness (QED) is 0.776. The van der Waals surface area contributed by atoms with Crippen LogP contribution < -0.4 is 10.1 Å². The van der Waals surface area contributed by atoms with E-state index in [0.717, 1.165) is 42.9 Å². The molecule has 150 valence electrons. The van der Waals surface area contributed by atoms with Gasteiger partial charge < -0.3 is 10.1 Å². The fraction of sp³-hybridized carbons (Fsp3) is 0.368. The van der Waals surface area contributed by atoms with Crippen molar-refractivity contribution in [2.75, 3.05) is 18.4 Å². The first-order valence-corrected chi connectivity index (χ1v) is 9.58. The van der Waals surface area contributed by atoms with Crippen LogP contribution >= 0.6 is 11.3 Å². The van der Waals surface area contributed by atoms with Crippen LogP contribution in [0.2, 0.25) is 0 Å². The Morgan fingerprint density at radius 1 is 1.29 bits per heavy atom. The number of hydrogen-bond acceptors (Lipinski definition) is 5. The molecule has 5 nitrogen and oxygen atoms in total. The molecule has 3 rings (SSSR count). The molecule has 1 aliphatic rings. The molecule has 0 radical (unpaired) electrons. The maximum absolute atomic E-state index is 12.2. The number of anilines is 1. The van der Waals surface area contributed by atoms with Crippen molar-refractivity contribution in [1.29, 1.82) is 0 Å². The standard InChI is InChI=1S/C19H20F3N3O2S/c1-13(26)24-18-23-11-17(28-18)12-25-8-6-15(7-9-25)10-14-2-4-16(5-3-14)27-19(20,21)22/h2-5,10-11H,6-9,12H2,1H3,(H,23,24,26). The summed E-state index contributed by atoms with van der Waals surface area (Å²) in [5.74, 6) is -0.348. The number of piperidine rings is 1. The Morgan fingerprint density at radius 2 is 1.96 bits per heavy atom. The van der Waals surface area contributed by atoms with Crippen molar-refractivity contribution in [1.82, 2.24) is 9.88 Å². The van der Waals surface area contributed by atoms with Gasteiger partial charge in [-0.3, -0.25) is 9.69 Å². The molecule has 2 heterocycles. The summed E-state index contributed by atoms with van der Waals surface area (Å²) in [6.45, 7) is 4.04. The molecule has 0 aliphatic carbocycles. The Morgan fingerprint density at radius 3 is 2.57 bits per heavy atom. The number of ether oxygens (including phenoxy) is 1. The van der Waals surface area contributed by atoms with E-state index in [1.807, 2.05) is 6.08 Å². The summed E-state index contributed by atoms with van der Waals surface area (Å²) in [6, 6.07) is 5.90. The van der Waals surface area contributed by atoms with Gasteiger partial charge in [0.1, 0.15) is 5.75 Å². The van der Waals surface area contributed by atoms with E-state index in [2.05, 4.69) is 19.9 Å². The highest BCUT2D eigenvalue weighted by atomic mass is 32.1. The molecular weight excluding hydrogens is 391 g/mol. The number of halogens is 3. The van der Waals surface area contributed by atoms with Crippen LogP contribution in [0.5, 0.6) is 5.75 Å². The van der Waals surface area contributed by atoms with Crippen molar-refractivity contribution in [3.8, 4) is 5.75 Å². The predicted molar refractivity (Wildman–Crippen MR) is 102 cm³/mol. The maximum Gasteiger partial charge on any atom is 0.573 e. The molecule has 1 aliphatic heterocycles. The lowest BCUT2D eigenvalue weighted by Gasteiger charge is -2.27. The van der Waals surface area contributed by atoms with Gasteiger partial charge in [-0.1, -0.05) is 23.8 Å². The minimum absolute atomic E-state index is 0.133. The van der Waals surface area contributed by atoms with Crippen LogP contribution in [-0.4, -0.2) is 35.2 Å². The first kappa shape index (κ1) is 20.3. The van der Waals surface area contributed by atoms with E-state index >= 15 is 0 Å². The van der Waals surface area contributed by atoms with Gasteiger partial charge in [0.05, 0.1) is 0 Å². The van der Waals surface area contributed by atoms with E-state index in [1.54, 1.807) is 18.3 Å². The Hall–Kier alpha value is -2.39. The van der Waals surface area contributed by atoms with Gasteiger partial charge in [0.2, 0.25) is 5.91 Å². The van der Waals surface area contributed by atoms with E-state index < -0.39 is 6.36 Å². The van der Waals surface area contributed by atoms with E-state index in [1.165, 1.54) is 36.0 Å². The molecule has 2 aromatic rings. The number of benzene rings is 1. The molecule has 0 bridgehead atoms.